The van der Waals surface area contributed by atoms with Crippen LogP contribution >= 0.6 is 0 Å². The number of ether oxygens (including phenoxy) is 2. The Balaban J connectivity index is 1.87. The number of benzene rings is 2. The Bertz CT molecular complexity index is 921. The molecule has 1 atom stereocenters. The molecule has 1 aliphatic carbocycles. The number of carbonyl (C=O) groups is 1. The lowest BCUT2D eigenvalue weighted by molar-refractivity contribution is -0.144. The molecule has 32 heavy (non-hydrogen) atoms. The maximum atomic E-state index is 12.9. The number of aliphatic hydroxyl groups is 1. The number of amidine groups is 1. The van der Waals surface area contributed by atoms with E-state index in [9.17, 15) is 9.90 Å². The Kier molecular flexibility index (Phi) is 8.11. The highest BCUT2D eigenvalue weighted by Gasteiger charge is 2.25. The van der Waals surface area contributed by atoms with Gasteiger partial charge in [-0.15, -0.1) is 0 Å². The SMILES string of the molecule is CCOC(=O)C(Nc1ccc(C(=N)N)cc1)c1cc(CC)cc(OC2CCC(O)CC2)c1. The highest BCUT2D eigenvalue weighted by molar-refractivity contribution is 5.95. The molecule has 7 heteroatoms. The van der Waals surface area contributed by atoms with Crippen LogP contribution in [0.2, 0.25) is 0 Å². The topological polar surface area (TPSA) is 118 Å². The normalized spacial score (nSPS) is 19.1. The number of esters is 1. The molecule has 7 nitrogen and oxygen atoms in total. The fourth-order valence-corrected chi connectivity index (χ4v) is 3.90. The van der Waals surface area contributed by atoms with Crippen LogP contribution in [0, 0.1) is 5.41 Å². The zero-order valence-corrected chi connectivity index (χ0v) is 18.8. The summed E-state index contributed by atoms with van der Waals surface area (Å²) in [5, 5.41) is 20.6. The van der Waals surface area contributed by atoms with Crippen LogP contribution in [0.15, 0.2) is 42.5 Å². The van der Waals surface area contributed by atoms with E-state index in [4.69, 9.17) is 20.6 Å². The Morgan fingerprint density at radius 1 is 1.16 bits per heavy atom. The van der Waals surface area contributed by atoms with Gasteiger partial charge in [-0.1, -0.05) is 13.0 Å². The predicted octanol–water partition coefficient (Wildman–Crippen LogP) is 3.93. The summed E-state index contributed by atoms with van der Waals surface area (Å²) in [6.45, 7) is 4.12. The third kappa shape index (κ3) is 6.23. The first kappa shape index (κ1) is 23.6. The van der Waals surface area contributed by atoms with Crippen molar-refractivity contribution >= 4 is 17.5 Å². The van der Waals surface area contributed by atoms with Gasteiger partial charge in [-0.3, -0.25) is 5.41 Å². The Morgan fingerprint density at radius 3 is 2.44 bits per heavy atom. The summed E-state index contributed by atoms with van der Waals surface area (Å²) in [5.41, 5.74) is 8.71. The zero-order chi connectivity index (χ0) is 23.1. The van der Waals surface area contributed by atoms with Crippen LogP contribution in [0.4, 0.5) is 5.69 Å². The molecular formula is C25H33N3O4. The summed E-state index contributed by atoms with van der Waals surface area (Å²) in [7, 11) is 0. The van der Waals surface area contributed by atoms with Crippen molar-refractivity contribution in [1.82, 2.24) is 0 Å². The first-order valence-corrected chi connectivity index (χ1v) is 11.3. The molecule has 0 amide bonds. The van der Waals surface area contributed by atoms with Gasteiger partial charge in [-0.25, -0.2) is 4.79 Å². The number of hydrogen-bond acceptors (Lipinski definition) is 6. The van der Waals surface area contributed by atoms with E-state index in [-0.39, 0.29) is 30.6 Å². The molecule has 1 saturated carbocycles. The lowest BCUT2D eigenvalue weighted by Gasteiger charge is -2.27. The van der Waals surface area contributed by atoms with Gasteiger partial charge in [0.05, 0.1) is 18.8 Å². The summed E-state index contributed by atoms with van der Waals surface area (Å²) in [6.07, 6.45) is 3.74. The number of rotatable bonds is 9. The molecule has 0 heterocycles. The van der Waals surface area contributed by atoms with Crippen LogP contribution < -0.4 is 15.8 Å². The average molecular weight is 440 g/mol. The number of nitrogens with two attached hydrogens (primary N) is 1. The lowest BCUT2D eigenvalue weighted by atomic mass is 9.95. The van der Waals surface area contributed by atoms with Gasteiger partial charge in [0, 0.05) is 11.3 Å². The predicted molar refractivity (Wildman–Crippen MR) is 125 cm³/mol. The van der Waals surface area contributed by atoms with Crippen molar-refractivity contribution < 1.29 is 19.4 Å². The summed E-state index contributed by atoms with van der Waals surface area (Å²) in [6, 6.07) is 12.2. The molecule has 1 fully saturated rings. The second kappa shape index (κ2) is 11.0. The van der Waals surface area contributed by atoms with Crippen LogP contribution in [0.5, 0.6) is 5.75 Å². The van der Waals surface area contributed by atoms with E-state index in [1.165, 1.54) is 0 Å². The van der Waals surface area contributed by atoms with E-state index in [2.05, 4.69) is 12.2 Å². The molecule has 3 rings (SSSR count). The highest BCUT2D eigenvalue weighted by Crippen LogP contribution is 2.30. The van der Waals surface area contributed by atoms with Gasteiger partial charge in [0.2, 0.25) is 0 Å². The van der Waals surface area contributed by atoms with Crippen LogP contribution in [0.1, 0.15) is 62.3 Å². The molecule has 1 unspecified atom stereocenters. The molecule has 5 N–H and O–H groups in total. The summed E-state index contributed by atoms with van der Waals surface area (Å²) >= 11 is 0. The van der Waals surface area contributed by atoms with Gasteiger partial charge in [0.25, 0.3) is 0 Å². The van der Waals surface area contributed by atoms with Gasteiger partial charge in [-0.2, -0.15) is 0 Å². The molecule has 0 aliphatic heterocycles. The average Bonchev–Trinajstić information content (AvgIpc) is 2.79. The standard InChI is InChI=1S/C25H33N3O4/c1-3-16-13-18(15-22(14-16)32-21-11-9-20(29)10-12-21)23(25(30)31-4-2)28-19-7-5-17(6-8-19)24(26)27/h5-8,13-15,20-21,23,28-29H,3-4,9-12H2,1-2H3,(H3,26,27). The van der Waals surface area contributed by atoms with Crippen molar-refractivity contribution in [1.29, 1.82) is 5.41 Å². The summed E-state index contributed by atoms with van der Waals surface area (Å²) in [5.74, 6) is 0.345. The van der Waals surface area contributed by atoms with E-state index < -0.39 is 6.04 Å². The molecule has 0 saturated heterocycles. The van der Waals surface area contributed by atoms with Gasteiger partial charge in [0.1, 0.15) is 11.6 Å². The first-order chi connectivity index (χ1) is 15.4. The van der Waals surface area contributed by atoms with Crippen LogP contribution in [0.3, 0.4) is 0 Å². The minimum atomic E-state index is -0.708. The molecule has 172 valence electrons. The lowest BCUT2D eigenvalue weighted by Crippen LogP contribution is -2.27. The molecule has 2 aromatic rings. The van der Waals surface area contributed by atoms with Crippen LogP contribution in [-0.4, -0.2) is 35.7 Å². The van der Waals surface area contributed by atoms with Gasteiger partial charge in [0.15, 0.2) is 6.04 Å². The van der Waals surface area contributed by atoms with Crippen molar-refractivity contribution in [2.24, 2.45) is 5.73 Å². The fourth-order valence-electron chi connectivity index (χ4n) is 3.90. The summed E-state index contributed by atoms with van der Waals surface area (Å²) < 4.78 is 11.6. The van der Waals surface area contributed by atoms with E-state index in [1.807, 2.05) is 18.2 Å². The van der Waals surface area contributed by atoms with E-state index >= 15 is 0 Å². The van der Waals surface area contributed by atoms with Crippen molar-refractivity contribution in [3.8, 4) is 5.75 Å². The fraction of sp³-hybridized carbons (Fsp3) is 0.440. The Hall–Kier alpha value is -3.06. The number of hydrogen-bond donors (Lipinski definition) is 4. The smallest absolute Gasteiger partial charge is 0.333 e. The van der Waals surface area contributed by atoms with Crippen LogP contribution in [-0.2, 0) is 16.0 Å². The number of nitrogens with one attached hydrogen (secondary N) is 2. The summed E-state index contributed by atoms with van der Waals surface area (Å²) in [4.78, 5) is 12.9. The third-order valence-electron chi connectivity index (χ3n) is 5.71. The van der Waals surface area contributed by atoms with Gasteiger partial charge in [-0.05, 0) is 86.6 Å². The van der Waals surface area contributed by atoms with Gasteiger partial charge >= 0.3 is 5.97 Å². The maximum Gasteiger partial charge on any atom is 0.333 e. The zero-order valence-electron chi connectivity index (χ0n) is 18.8. The molecule has 0 spiro atoms. The molecule has 0 bridgehead atoms. The van der Waals surface area contributed by atoms with Crippen LogP contribution in [0.25, 0.3) is 0 Å². The van der Waals surface area contributed by atoms with Crippen molar-refractivity contribution in [3.05, 3.63) is 59.2 Å². The number of carbonyl (C=O) groups excluding carboxylic acids is 1. The molecule has 0 radical (unpaired) electrons. The Morgan fingerprint density at radius 2 is 1.84 bits per heavy atom. The molecule has 0 aromatic heterocycles. The largest absolute Gasteiger partial charge is 0.490 e. The second-order valence-corrected chi connectivity index (χ2v) is 8.13. The minimum absolute atomic E-state index is 0.00818. The van der Waals surface area contributed by atoms with Gasteiger partial charge < -0.3 is 25.6 Å². The highest BCUT2D eigenvalue weighted by atomic mass is 16.5. The Labute approximate surface area is 189 Å². The molecule has 1 aliphatic rings. The maximum absolute atomic E-state index is 12.9. The third-order valence-corrected chi connectivity index (χ3v) is 5.71. The monoisotopic (exact) mass is 439 g/mol. The number of nitrogen functional groups attached to an aromatic ring is 1. The molecule has 2 aromatic carbocycles. The quantitative estimate of drug-likeness (QED) is 0.267. The van der Waals surface area contributed by atoms with Crippen molar-refractivity contribution in [3.63, 3.8) is 0 Å². The number of aliphatic hydroxyl groups excluding tert-OH is 1. The van der Waals surface area contributed by atoms with Crippen molar-refractivity contribution in [2.45, 2.75) is 64.2 Å². The number of aryl methyl sites for hydroxylation is 1. The van der Waals surface area contributed by atoms with E-state index in [0.717, 1.165) is 54.7 Å². The number of anilines is 1. The molecular weight excluding hydrogens is 406 g/mol. The first-order valence-electron chi connectivity index (χ1n) is 11.3. The van der Waals surface area contributed by atoms with E-state index in [1.54, 1.807) is 31.2 Å². The minimum Gasteiger partial charge on any atom is -0.490 e. The van der Waals surface area contributed by atoms with Crippen molar-refractivity contribution in [2.75, 3.05) is 11.9 Å². The van der Waals surface area contributed by atoms with E-state index in [0.29, 0.717) is 5.56 Å². The second-order valence-electron chi connectivity index (χ2n) is 8.13.